The van der Waals surface area contributed by atoms with Crippen molar-refractivity contribution >= 4 is 17.9 Å². The fraction of sp³-hybridized carbons (Fsp3) is 0.620. The van der Waals surface area contributed by atoms with E-state index in [4.69, 9.17) is 14.2 Å². The first kappa shape index (κ1) is 72.3. The number of rotatable bonds is 55. The highest BCUT2D eigenvalue weighted by Crippen LogP contribution is 2.14. The maximum atomic E-state index is 12.9. The first-order valence-corrected chi connectivity index (χ1v) is 31.3. The van der Waals surface area contributed by atoms with Crippen LogP contribution in [0.5, 0.6) is 0 Å². The molecule has 0 radical (unpaired) electrons. The Kier molecular flexibility index (Phi) is 59.9. The molecule has 0 aromatic rings. The summed E-state index contributed by atoms with van der Waals surface area (Å²) in [6, 6.07) is 0. The van der Waals surface area contributed by atoms with Crippen molar-refractivity contribution in [1.29, 1.82) is 0 Å². The van der Waals surface area contributed by atoms with Crippen LogP contribution in [-0.2, 0) is 28.6 Å². The van der Waals surface area contributed by atoms with Crippen molar-refractivity contribution in [2.24, 2.45) is 0 Å². The Labute approximate surface area is 474 Å². The minimum Gasteiger partial charge on any atom is -0.462 e. The van der Waals surface area contributed by atoms with E-state index in [1.54, 1.807) is 0 Å². The Hall–Kier alpha value is -4.71. The van der Waals surface area contributed by atoms with E-state index in [-0.39, 0.29) is 37.5 Å². The van der Waals surface area contributed by atoms with Gasteiger partial charge in [0.2, 0.25) is 0 Å². The van der Waals surface area contributed by atoms with Crippen LogP contribution in [0.2, 0.25) is 0 Å². The third-order valence-electron chi connectivity index (χ3n) is 12.8. The van der Waals surface area contributed by atoms with E-state index in [1.807, 2.05) is 0 Å². The van der Waals surface area contributed by atoms with Gasteiger partial charge >= 0.3 is 17.9 Å². The third-order valence-corrected chi connectivity index (χ3v) is 12.8. The van der Waals surface area contributed by atoms with Crippen LogP contribution in [-0.4, -0.2) is 37.2 Å². The standard InChI is InChI=1S/C71H114O6/c1-4-7-10-13-16-19-22-25-28-30-32-33-34-35-36-37-39-40-43-46-49-52-55-58-61-64-70(73)76-67-68(66-75-69(72)63-60-57-54-51-48-45-42-27-24-21-18-15-12-9-6-3)77-71(74)65-62-59-56-53-50-47-44-41-38-31-29-26-23-20-17-14-11-8-5-2/h7-8,10-11,16-17,19-20,25-29,32-33,35-36,38-42,47,50,68H,4-6,9,12-15,18,21-24,30-31,34,37,43-46,48-49,51-67H2,1-3H3/b10-7-,11-8-,19-16-,20-17-,28-25-,29-26-,33-32-,36-35-,40-39-,41-38-,42-27-,50-47-. The van der Waals surface area contributed by atoms with Crippen LogP contribution in [0, 0.1) is 0 Å². The van der Waals surface area contributed by atoms with E-state index in [2.05, 4.69) is 167 Å². The topological polar surface area (TPSA) is 78.9 Å². The summed E-state index contributed by atoms with van der Waals surface area (Å²) in [6.45, 7) is 6.36. The van der Waals surface area contributed by atoms with Gasteiger partial charge in [-0.05, 0) is 141 Å². The zero-order chi connectivity index (χ0) is 55.7. The van der Waals surface area contributed by atoms with Crippen molar-refractivity contribution in [3.8, 4) is 0 Å². The molecule has 0 heterocycles. The third kappa shape index (κ3) is 62.0. The van der Waals surface area contributed by atoms with Gasteiger partial charge in [0.05, 0.1) is 0 Å². The van der Waals surface area contributed by atoms with Gasteiger partial charge in [-0.15, -0.1) is 0 Å². The number of hydrogen-bond acceptors (Lipinski definition) is 6. The van der Waals surface area contributed by atoms with Crippen LogP contribution >= 0.6 is 0 Å². The van der Waals surface area contributed by atoms with Gasteiger partial charge in [0.1, 0.15) is 13.2 Å². The molecule has 0 spiro atoms. The van der Waals surface area contributed by atoms with Crippen molar-refractivity contribution in [2.75, 3.05) is 13.2 Å². The molecule has 1 unspecified atom stereocenters. The lowest BCUT2D eigenvalue weighted by Gasteiger charge is -2.18. The lowest BCUT2D eigenvalue weighted by atomic mass is 10.1. The molecule has 77 heavy (non-hydrogen) atoms. The van der Waals surface area contributed by atoms with Gasteiger partial charge in [0.25, 0.3) is 0 Å². The SMILES string of the molecule is CC/C=C\C/C=C\C/C=C\C/C=C\C/C=C\C/C=C\CCCCCCCCC(=O)OCC(COC(=O)CCCCCCC/C=C\CCCCCCCC)OC(=O)CCCCC/C=C\C/C=C\C/C=C\C/C=C\C/C=C\CC. The second-order valence-electron chi connectivity index (χ2n) is 20.2. The maximum Gasteiger partial charge on any atom is 0.306 e. The summed E-state index contributed by atoms with van der Waals surface area (Å²) in [5.41, 5.74) is 0. The molecule has 0 aliphatic carbocycles. The smallest absolute Gasteiger partial charge is 0.306 e. The minimum atomic E-state index is -0.813. The summed E-state index contributed by atoms with van der Waals surface area (Å²) in [7, 11) is 0. The van der Waals surface area contributed by atoms with Gasteiger partial charge in [-0.1, -0.05) is 250 Å². The van der Waals surface area contributed by atoms with Crippen LogP contribution in [0.3, 0.4) is 0 Å². The maximum absolute atomic E-state index is 12.9. The van der Waals surface area contributed by atoms with Crippen LogP contribution in [0.25, 0.3) is 0 Å². The van der Waals surface area contributed by atoms with Gasteiger partial charge in [-0.2, -0.15) is 0 Å². The van der Waals surface area contributed by atoms with Crippen molar-refractivity contribution in [2.45, 2.75) is 271 Å². The van der Waals surface area contributed by atoms with Gasteiger partial charge in [-0.3, -0.25) is 14.4 Å². The molecule has 0 aromatic heterocycles. The van der Waals surface area contributed by atoms with Crippen molar-refractivity contribution in [3.05, 3.63) is 146 Å². The van der Waals surface area contributed by atoms with Crippen LogP contribution < -0.4 is 0 Å². The highest BCUT2D eigenvalue weighted by Gasteiger charge is 2.19. The monoisotopic (exact) mass is 1060 g/mol. The molecular formula is C71H114O6. The average molecular weight is 1060 g/mol. The second-order valence-corrected chi connectivity index (χ2v) is 20.2. The minimum absolute atomic E-state index is 0.106. The van der Waals surface area contributed by atoms with Crippen molar-refractivity contribution in [1.82, 2.24) is 0 Å². The zero-order valence-electron chi connectivity index (χ0n) is 49.7. The molecule has 0 amide bonds. The molecule has 1 atom stereocenters. The molecule has 0 fully saturated rings. The van der Waals surface area contributed by atoms with Crippen LogP contribution in [0.1, 0.15) is 265 Å². The van der Waals surface area contributed by atoms with Crippen LogP contribution in [0.15, 0.2) is 146 Å². The highest BCUT2D eigenvalue weighted by atomic mass is 16.6. The van der Waals surface area contributed by atoms with E-state index in [0.717, 1.165) is 154 Å². The Balaban J connectivity index is 4.49. The van der Waals surface area contributed by atoms with E-state index in [9.17, 15) is 14.4 Å². The molecule has 6 heteroatoms. The van der Waals surface area contributed by atoms with E-state index >= 15 is 0 Å². The summed E-state index contributed by atoms with van der Waals surface area (Å²) >= 11 is 0. The number of allylic oxidation sites excluding steroid dienone is 24. The normalized spacial score (nSPS) is 13.1. The van der Waals surface area contributed by atoms with Gasteiger partial charge in [-0.25, -0.2) is 0 Å². The predicted molar refractivity (Wildman–Crippen MR) is 334 cm³/mol. The van der Waals surface area contributed by atoms with Gasteiger partial charge in [0, 0.05) is 19.3 Å². The van der Waals surface area contributed by atoms with Crippen molar-refractivity contribution < 1.29 is 28.6 Å². The predicted octanol–water partition coefficient (Wildman–Crippen LogP) is 21.5. The number of unbranched alkanes of at least 4 members (excludes halogenated alkanes) is 20. The number of esters is 3. The van der Waals surface area contributed by atoms with Gasteiger partial charge in [0.15, 0.2) is 6.10 Å². The Morgan fingerprint density at radius 3 is 0.818 bits per heavy atom. The summed E-state index contributed by atoms with van der Waals surface area (Å²) in [6.07, 6.45) is 91.3. The molecule has 0 saturated heterocycles. The van der Waals surface area contributed by atoms with Crippen LogP contribution in [0.4, 0.5) is 0 Å². The molecule has 0 bridgehead atoms. The van der Waals surface area contributed by atoms with Crippen molar-refractivity contribution in [3.63, 3.8) is 0 Å². The Morgan fingerprint density at radius 1 is 0.273 bits per heavy atom. The highest BCUT2D eigenvalue weighted by molar-refractivity contribution is 5.71. The first-order chi connectivity index (χ1) is 38.0. The van der Waals surface area contributed by atoms with Gasteiger partial charge < -0.3 is 14.2 Å². The molecule has 434 valence electrons. The van der Waals surface area contributed by atoms with E-state index in [1.165, 1.54) is 64.2 Å². The summed E-state index contributed by atoms with van der Waals surface area (Å²) in [5.74, 6) is -0.962. The lowest BCUT2D eigenvalue weighted by molar-refractivity contribution is -0.167. The first-order valence-electron chi connectivity index (χ1n) is 31.3. The molecule has 0 aliphatic rings. The zero-order valence-corrected chi connectivity index (χ0v) is 49.7. The summed E-state index contributed by atoms with van der Waals surface area (Å²) in [4.78, 5) is 38.3. The Bertz CT molecular complexity index is 1700. The fourth-order valence-corrected chi connectivity index (χ4v) is 8.17. The average Bonchev–Trinajstić information content (AvgIpc) is 3.43. The fourth-order valence-electron chi connectivity index (χ4n) is 8.17. The summed E-state index contributed by atoms with van der Waals surface area (Å²) < 4.78 is 16.9. The molecule has 0 saturated carbocycles. The number of ether oxygens (including phenoxy) is 3. The second kappa shape index (κ2) is 63.8. The number of carbonyl (C=O) groups is 3. The molecule has 6 nitrogen and oxygen atoms in total. The number of hydrogen-bond donors (Lipinski definition) is 0. The number of carbonyl (C=O) groups excluding carboxylic acids is 3. The molecule has 0 aliphatic heterocycles. The molecule has 0 rings (SSSR count). The quantitative estimate of drug-likeness (QED) is 0.0261. The van der Waals surface area contributed by atoms with E-state index in [0.29, 0.717) is 19.3 Å². The molecule has 0 aromatic carbocycles. The lowest BCUT2D eigenvalue weighted by Crippen LogP contribution is -2.30. The molecular weight excluding hydrogens is 949 g/mol. The molecule has 0 N–H and O–H groups in total. The summed E-state index contributed by atoms with van der Waals surface area (Å²) in [5, 5.41) is 0. The Morgan fingerprint density at radius 2 is 0.506 bits per heavy atom. The largest absolute Gasteiger partial charge is 0.462 e. The van der Waals surface area contributed by atoms with E-state index < -0.39 is 6.10 Å².